The van der Waals surface area contributed by atoms with E-state index in [4.69, 9.17) is 4.42 Å². The summed E-state index contributed by atoms with van der Waals surface area (Å²) in [5.41, 5.74) is 15.8. The predicted molar refractivity (Wildman–Crippen MR) is 234 cm³/mol. The van der Waals surface area contributed by atoms with Gasteiger partial charge in [0, 0.05) is 39.1 Å². The van der Waals surface area contributed by atoms with Gasteiger partial charge in [-0.1, -0.05) is 159 Å². The molecule has 0 aliphatic carbocycles. The van der Waals surface area contributed by atoms with Gasteiger partial charge >= 0.3 is 0 Å². The van der Waals surface area contributed by atoms with E-state index in [1.54, 1.807) is 0 Å². The van der Waals surface area contributed by atoms with E-state index in [1.165, 1.54) is 33.4 Å². The normalized spacial score (nSPS) is 12.9. The monoisotopic (exact) mass is 720 g/mol. The van der Waals surface area contributed by atoms with Crippen molar-refractivity contribution in [2.75, 3.05) is 9.80 Å². The van der Waals surface area contributed by atoms with Gasteiger partial charge in [-0.15, -0.1) is 0 Å². The Labute approximate surface area is 328 Å². The first-order valence-corrected chi connectivity index (χ1v) is 19.3. The minimum absolute atomic E-state index is 0.210. The van der Waals surface area contributed by atoms with Crippen LogP contribution in [0.25, 0.3) is 44.3 Å². The minimum atomic E-state index is -0.210. The fraction of sp³-hybridized carbons (Fsp3) is 0.0566. The molecule has 0 radical (unpaired) electrons. The number of para-hydroxylation sites is 2. The molecule has 0 atom stereocenters. The Hall–Kier alpha value is -7.10. The van der Waals surface area contributed by atoms with Gasteiger partial charge in [0.05, 0.1) is 5.69 Å². The van der Waals surface area contributed by atoms with E-state index in [0.717, 1.165) is 56.4 Å². The maximum absolute atomic E-state index is 6.65. The SMILES string of the molecule is CC1(C)c2ccccc2N(c2ccc(-c3ccc(N(c4ccc(-c5ccccc5)cc4)c4ccc(-c5ccccc5)cc4)cc3)cc2)c2oc3ccccc3c21. The minimum Gasteiger partial charge on any atom is -0.439 e. The zero-order valence-corrected chi connectivity index (χ0v) is 31.4. The maximum atomic E-state index is 6.65. The highest BCUT2D eigenvalue weighted by atomic mass is 16.4. The molecule has 0 amide bonds. The van der Waals surface area contributed by atoms with Crippen molar-refractivity contribution in [3.8, 4) is 33.4 Å². The van der Waals surface area contributed by atoms with E-state index in [-0.39, 0.29) is 5.41 Å². The van der Waals surface area contributed by atoms with E-state index in [0.29, 0.717) is 0 Å². The first kappa shape index (κ1) is 33.5. The number of nitrogens with zero attached hydrogens (tertiary/aromatic N) is 2. The lowest BCUT2D eigenvalue weighted by atomic mass is 9.74. The average Bonchev–Trinajstić information content (AvgIpc) is 3.66. The number of hydrogen-bond acceptors (Lipinski definition) is 3. The van der Waals surface area contributed by atoms with Crippen LogP contribution in [0.2, 0.25) is 0 Å². The van der Waals surface area contributed by atoms with Crippen molar-refractivity contribution in [3.05, 3.63) is 217 Å². The molecule has 0 spiro atoms. The largest absolute Gasteiger partial charge is 0.439 e. The summed E-state index contributed by atoms with van der Waals surface area (Å²) >= 11 is 0. The van der Waals surface area contributed by atoms with Crippen molar-refractivity contribution in [1.29, 1.82) is 0 Å². The molecule has 0 saturated heterocycles. The molecular weight excluding hydrogens is 681 g/mol. The fourth-order valence-corrected chi connectivity index (χ4v) is 8.41. The number of hydrogen-bond donors (Lipinski definition) is 0. The molecule has 0 N–H and O–H groups in total. The molecule has 1 aliphatic rings. The molecule has 0 bridgehead atoms. The Morgan fingerprint density at radius 1 is 0.411 bits per heavy atom. The summed E-state index contributed by atoms with van der Waals surface area (Å²) in [6.45, 7) is 4.61. The molecule has 0 fully saturated rings. The Kier molecular flexibility index (Phi) is 8.15. The van der Waals surface area contributed by atoms with Crippen molar-refractivity contribution >= 4 is 45.3 Å². The fourth-order valence-electron chi connectivity index (χ4n) is 8.41. The van der Waals surface area contributed by atoms with Gasteiger partial charge in [-0.25, -0.2) is 0 Å². The van der Waals surface area contributed by atoms with E-state index in [9.17, 15) is 0 Å². The van der Waals surface area contributed by atoms with Crippen molar-refractivity contribution < 1.29 is 4.42 Å². The average molecular weight is 721 g/mol. The summed E-state index contributed by atoms with van der Waals surface area (Å²) in [6, 6.07) is 73.7. The van der Waals surface area contributed by atoms with Gasteiger partial charge in [-0.3, -0.25) is 4.90 Å². The predicted octanol–water partition coefficient (Wildman–Crippen LogP) is 15.0. The lowest BCUT2D eigenvalue weighted by Crippen LogP contribution is -2.29. The molecule has 2 heterocycles. The van der Waals surface area contributed by atoms with Crippen molar-refractivity contribution in [3.63, 3.8) is 0 Å². The van der Waals surface area contributed by atoms with Gasteiger partial charge in [-0.2, -0.15) is 0 Å². The molecular formula is C53H40N2O. The third-order valence-electron chi connectivity index (χ3n) is 11.3. The molecule has 0 saturated carbocycles. The summed E-state index contributed by atoms with van der Waals surface area (Å²) in [6.07, 6.45) is 0. The first-order chi connectivity index (χ1) is 27.5. The Balaban J connectivity index is 0.989. The van der Waals surface area contributed by atoms with Gasteiger partial charge in [0.2, 0.25) is 5.88 Å². The summed E-state index contributed by atoms with van der Waals surface area (Å²) < 4.78 is 6.65. The summed E-state index contributed by atoms with van der Waals surface area (Å²) in [7, 11) is 0. The van der Waals surface area contributed by atoms with Crippen molar-refractivity contribution in [2.24, 2.45) is 0 Å². The second-order valence-corrected chi connectivity index (χ2v) is 15.0. The van der Waals surface area contributed by atoms with Crippen LogP contribution in [0.5, 0.6) is 0 Å². The van der Waals surface area contributed by atoms with Crippen molar-refractivity contribution in [2.45, 2.75) is 19.3 Å². The highest BCUT2D eigenvalue weighted by molar-refractivity contribution is 5.95. The number of furan rings is 1. The molecule has 10 rings (SSSR count). The summed E-state index contributed by atoms with van der Waals surface area (Å²) in [4.78, 5) is 4.61. The third-order valence-corrected chi connectivity index (χ3v) is 11.3. The number of anilines is 6. The van der Waals surface area contributed by atoms with E-state index in [1.807, 2.05) is 6.07 Å². The van der Waals surface area contributed by atoms with Gasteiger partial charge in [0.1, 0.15) is 5.58 Å². The maximum Gasteiger partial charge on any atom is 0.209 e. The van der Waals surface area contributed by atoms with E-state index in [2.05, 4.69) is 224 Å². The van der Waals surface area contributed by atoms with Gasteiger partial charge < -0.3 is 9.32 Å². The van der Waals surface area contributed by atoms with Crippen LogP contribution in [0.15, 0.2) is 211 Å². The number of fused-ring (bicyclic) bond motifs is 4. The standard InChI is InChI=1S/C53H40N2O/c1-53(2)48-18-10-11-19-49(48)55(52-51(53)47-17-9-12-20-50(47)56-52)46-35-27-42(28-36-46)41-25-33-45(34-26-41)54(43-29-21-39(22-30-43)37-13-5-3-6-14-37)44-31-23-40(24-32-44)38-15-7-4-8-16-38/h3-36H,1-2H3. The third kappa shape index (κ3) is 5.77. The van der Waals surface area contributed by atoms with Crippen LogP contribution in [0.1, 0.15) is 25.0 Å². The zero-order valence-electron chi connectivity index (χ0n) is 31.4. The number of benzene rings is 8. The molecule has 8 aromatic carbocycles. The van der Waals surface area contributed by atoms with Gasteiger partial charge in [0.15, 0.2) is 0 Å². The topological polar surface area (TPSA) is 19.6 Å². The molecule has 3 nitrogen and oxygen atoms in total. The van der Waals surface area contributed by atoms with Crippen LogP contribution < -0.4 is 9.80 Å². The van der Waals surface area contributed by atoms with Crippen LogP contribution in [0.4, 0.5) is 34.3 Å². The molecule has 0 unspecified atom stereocenters. The van der Waals surface area contributed by atoms with Crippen LogP contribution in [-0.2, 0) is 5.41 Å². The lowest BCUT2D eigenvalue weighted by molar-refractivity contribution is 0.571. The van der Waals surface area contributed by atoms with Crippen LogP contribution in [-0.4, -0.2) is 0 Å². The van der Waals surface area contributed by atoms with Crippen LogP contribution >= 0.6 is 0 Å². The van der Waals surface area contributed by atoms with Crippen LogP contribution in [0.3, 0.4) is 0 Å². The highest BCUT2D eigenvalue weighted by Crippen LogP contribution is 2.55. The van der Waals surface area contributed by atoms with E-state index >= 15 is 0 Å². The molecule has 3 heteroatoms. The second-order valence-electron chi connectivity index (χ2n) is 15.0. The van der Waals surface area contributed by atoms with Crippen molar-refractivity contribution in [1.82, 2.24) is 0 Å². The molecule has 268 valence electrons. The quantitative estimate of drug-likeness (QED) is 0.163. The molecule has 1 aliphatic heterocycles. The Morgan fingerprint density at radius 3 is 1.34 bits per heavy atom. The van der Waals surface area contributed by atoms with Gasteiger partial charge in [-0.05, 0) is 99.6 Å². The number of rotatable bonds is 7. The Bertz CT molecular complexity index is 2700. The second kappa shape index (κ2) is 13.6. The summed E-state index contributed by atoms with van der Waals surface area (Å²) in [5, 5.41) is 1.16. The lowest BCUT2D eigenvalue weighted by Gasteiger charge is -2.39. The van der Waals surface area contributed by atoms with Gasteiger partial charge in [0.25, 0.3) is 0 Å². The molecule has 9 aromatic rings. The molecule has 56 heavy (non-hydrogen) atoms. The van der Waals surface area contributed by atoms with E-state index < -0.39 is 0 Å². The highest BCUT2D eigenvalue weighted by Gasteiger charge is 2.41. The zero-order chi connectivity index (χ0) is 37.6. The summed E-state index contributed by atoms with van der Waals surface area (Å²) in [5.74, 6) is 0.890. The van der Waals surface area contributed by atoms with Crippen LogP contribution in [0, 0.1) is 0 Å². The molecule has 1 aromatic heterocycles. The first-order valence-electron chi connectivity index (χ1n) is 19.3. The smallest absolute Gasteiger partial charge is 0.209 e. The Morgan fingerprint density at radius 2 is 0.821 bits per heavy atom.